The minimum Gasteiger partial charge on any atom is -0.330 e. The van der Waals surface area contributed by atoms with Crippen molar-refractivity contribution in [1.29, 1.82) is 0 Å². The number of benzene rings is 1. The maximum atomic E-state index is 10.5. The summed E-state index contributed by atoms with van der Waals surface area (Å²) in [5.41, 5.74) is 6.63. The number of rotatable bonds is 6. The molecule has 0 saturated carbocycles. The smallest absolute Gasteiger partial charge is 0.269 e. The minimum absolute atomic E-state index is 0.133. The number of nitro groups is 1. The highest BCUT2D eigenvalue weighted by Crippen LogP contribution is 2.12. The quantitative estimate of drug-likeness (QED) is 0.584. The van der Waals surface area contributed by atoms with Gasteiger partial charge in [0.2, 0.25) is 0 Å². The number of non-ortho nitro benzene ring substituents is 1. The van der Waals surface area contributed by atoms with Crippen LogP contribution < -0.4 is 5.73 Å². The van der Waals surface area contributed by atoms with Gasteiger partial charge in [0, 0.05) is 18.7 Å². The van der Waals surface area contributed by atoms with Crippen molar-refractivity contribution in [3.05, 3.63) is 39.9 Å². The van der Waals surface area contributed by atoms with Crippen LogP contribution in [0.15, 0.2) is 24.3 Å². The van der Waals surface area contributed by atoms with Crippen LogP contribution in [0.2, 0.25) is 0 Å². The summed E-state index contributed by atoms with van der Waals surface area (Å²) >= 11 is 0. The largest absolute Gasteiger partial charge is 0.330 e. The molecule has 0 radical (unpaired) electrons. The van der Waals surface area contributed by atoms with Crippen molar-refractivity contribution in [3.63, 3.8) is 0 Å². The number of nitro benzene ring substituents is 1. The van der Waals surface area contributed by atoms with E-state index in [1.165, 1.54) is 12.1 Å². The molecule has 0 unspecified atom stereocenters. The molecule has 5 heteroatoms. The summed E-state index contributed by atoms with van der Waals surface area (Å²) in [7, 11) is 2.01. The molecule has 0 amide bonds. The Kier molecular flexibility index (Phi) is 4.88. The van der Waals surface area contributed by atoms with Crippen LogP contribution in [0, 0.1) is 10.1 Å². The van der Waals surface area contributed by atoms with Crippen molar-refractivity contribution in [3.8, 4) is 0 Å². The lowest BCUT2D eigenvalue weighted by Crippen LogP contribution is -2.21. The van der Waals surface area contributed by atoms with E-state index in [2.05, 4.69) is 4.90 Å². The lowest BCUT2D eigenvalue weighted by molar-refractivity contribution is -0.384. The van der Waals surface area contributed by atoms with Gasteiger partial charge in [-0.3, -0.25) is 10.1 Å². The van der Waals surface area contributed by atoms with Gasteiger partial charge in [-0.05, 0) is 32.1 Å². The van der Waals surface area contributed by atoms with Gasteiger partial charge in [0.1, 0.15) is 0 Å². The molecule has 16 heavy (non-hydrogen) atoms. The van der Waals surface area contributed by atoms with Crippen molar-refractivity contribution in [2.75, 3.05) is 20.1 Å². The van der Waals surface area contributed by atoms with Crippen molar-refractivity contribution >= 4 is 5.69 Å². The average Bonchev–Trinajstić information content (AvgIpc) is 2.27. The second kappa shape index (κ2) is 6.19. The summed E-state index contributed by atoms with van der Waals surface area (Å²) in [6, 6.07) is 6.65. The predicted octanol–water partition coefficient (Wildman–Crippen LogP) is 1.38. The van der Waals surface area contributed by atoms with Crippen LogP contribution in [-0.4, -0.2) is 30.0 Å². The zero-order valence-electron chi connectivity index (χ0n) is 9.43. The first kappa shape index (κ1) is 12.6. The molecule has 0 heterocycles. The maximum Gasteiger partial charge on any atom is 0.269 e. The Morgan fingerprint density at radius 1 is 1.38 bits per heavy atom. The van der Waals surface area contributed by atoms with Crippen LogP contribution in [0.4, 0.5) is 5.69 Å². The van der Waals surface area contributed by atoms with Gasteiger partial charge >= 0.3 is 0 Å². The topological polar surface area (TPSA) is 72.4 Å². The summed E-state index contributed by atoms with van der Waals surface area (Å²) in [6.45, 7) is 2.41. The van der Waals surface area contributed by atoms with E-state index in [1.807, 2.05) is 7.05 Å². The summed E-state index contributed by atoms with van der Waals surface area (Å²) in [5, 5.41) is 10.5. The van der Waals surface area contributed by atoms with Crippen LogP contribution >= 0.6 is 0 Å². The highest BCUT2D eigenvalue weighted by Gasteiger charge is 2.05. The molecular formula is C11H17N3O2. The lowest BCUT2D eigenvalue weighted by atomic mass is 10.2. The summed E-state index contributed by atoms with van der Waals surface area (Å²) in [6.07, 6.45) is 0.962. The number of nitrogens with zero attached hydrogens (tertiary/aromatic N) is 2. The minimum atomic E-state index is -0.387. The molecule has 1 aromatic rings. The molecule has 0 aliphatic rings. The van der Waals surface area contributed by atoms with Gasteiger partial charge in [-0.15, -0.1) is 0 Å². The standard InChI is InChI=1S/C11H17N3O2/c1-13(8-2-7-12)9-10-3-5-11(6-4-10)14(15)16/h3-6H,2,7-9,12H2,1H3. The fourth-order valence-corrected chi connectivity index (χ4v) is 1.48. The lowest BCUT2D eigenvalue weighted by Gasteiger charge is -2.15. The van der Waals surface area contributed by atoms with Gasteiger partial charge in [0.05, 0.1) is 4.92 Å². The molecule has 88 valence electrons. The van der Waals surface area contributed by atoms with Crippen molar-refractivity contribution in [2.24, 2.45) is 5.73 Å². The van der Waals surface area contributed by atoms with Crippen LogP contribution in [0.1, 0.15) is 12.0 Å². The third-order valence-electron chi connectivity index (χ3n) is 2.34. The average molecular weight is 223 g/mol. The summed E-state index contributed by atoms with van der Waals surface area (Å²) in [4.78, 5) is 12.2. The Bertz CT molecular complexity index is 338. The normalized spacial score (nSPS) is 10.7. The van der Waals surface area contributed by atoms with Crippen LogP contribution in [0.5, 0.6) is 0 Å². The van der Waals surface area contributed by atoms with E-state index in [4.69, 9.17) is 5.73 Å². The van der Waals surface area contributed by atoms with Gasteiger partial charge in [0.25, 0.3) is 5.69 Å². The van der Waals surface area contributed by atoms with Crippen molar-refractivity contribution in [1.82, 2.24) is 4.90 Å². The van der Waals surface area contributed by atoms with E-state index in [0.717, 1.165) is 25.1 Å². The number of hydrogen-bond acceptors (Lipinski definition) is 4. The Morgan fingerprint density at radius 3 is 2.50 bits per heavy atom. The second-order valence-electron chi connectivity index (χ2n) is 3.80. The fraction of sp³-hybridized carbons (Fsp3) is 0.455. The third kappa shape index (κ3) is 3.96. The van der Waals surface area contributed by atoms with E-state index >= 15 is 0 Å². The van der Waals surface area contributed by atoms with E-state index in [-0.39, 0.29) is 10.6 Å². The Morgan fingerprint density at radius 2 is 2.00 bits per heavy atom. The molecule has 0 saturated heterocycles. The predicted molar refractivity (Wildman–Crippen MR) is 63.1 cm³/mol. The zero-order chi connectivity index (χ0) is 12.0. The van der Waals surface area contributed by atoms with Crippen molar-refractivity contribution in [2.45, 2.75) is 13.0 Å². The van der Waals surface area contributed by atoms with Crippen LogP contribution in [0.3, 0.4) is 0 Å². The van der Waals surface area contributed by atoms with Crippen LogP contribution in [0.25, 0.3) is 0 Å². The first-order valence-electron chi connectivity index (χ1n) is 5.25. The SMILES string of the molecule is CN(CCCN)Cc1ccc([N+](=O)[O-])cc1. The highest BCUT2D eigenvalue weighted by atomic mass is 16.6. The molecule has 0 spiro atoms. The monoisotopic (exact) mass is 223 g/mol. The molecule has 0 aliphatic carbocycles. The van der Waals surface area contributed by atoms with Gasteiger partial charge in [-0.25, -0.2) is 0 Å². The molecule has 0 atom stereocenters. The van der Waals surface area contributed by atoms with Gasteiger partial charge in [-0.1, -0.05) is 12.1 Å². The zero-order valence-corrected chi connectivity index (χ0v) is 9.43. The first-order valence-corrected chi connectivity index (χ1v) is 5.25. The maximum absolute atomic E-state index is 10.5. The number of nitrogens with two attached hydrogens (primary N) is 1. The Hall–Kier alpha value is -1.46. The Balaban J connectivity index is 2.51. The van der Waals surface area contributed by atoms with E-state index in [1.54, 1.807) is 12.1 Å². The molecule has 0 bridgehead atoms. The summed E-state index contributed by atoms with van der Waals surface area (Å²) in [5.74, 6) is 0. The van der Waals surface area contributed by atoms with Gasteiger partial charge in [-0.2, -0.15) is 0 Å². The van der Waals surface area contributed by atoms with E-state index in [9.17, 15) is 10.1 Å². The molecule has 5 nitrogen and oxygen atoms in total. The fourth-order valence-electron chi connectivity index (χ4n) is 1.48. The highest BCUT2D eigenvalue weighted by molar-refractivity contribution is 5.32. The van der Waals surface area contributed by atoms with Crippen molar-refractivity contribution < 1.29 is 4.92 Å². The molecule has 1 aromatic carbocycles. The second-order valence-corrected chi connectivity index (χ2v) is 3.80. The van der Waals surface area contributed by atoms with E-state index < -0.39 is 0 Å². The molecule has 0 fully saturated rings. The molecule has 0 aliphatic heterocycles. The number of hydrogen-bond donors (Lipinski definition) is 1. The Labute approximate surface area is 95.0 Å². The molecule has 2 N–H and O–H groups in total. The van der Waals surface area contributed by atoms with Gasteiger partial charge < -0.3 is 10.6 Å². The first-order chi connectivity index (χ1) is 7.63. The molecule has 0 aromatic heterocycles. The summed E-state index contributed by atoms with van der Waals surface area (Å²) < 4.78 is 0. The van der Waals surface area contributed by atoms with Gasteiger partial charge in [0.15, 0.2) is 0 Å². The van der Waals surface area contributed by atoms with E-state index in [0.29, 0.717) is 6.54 Å². The van der Waals surface area contributed by atoms with Crippen LogP contribution in [-0.2, 0) is 6.54 Å². The molecular weight excluding hydrogens is 206 g/mol. The molecule has 1 rings (SSSR count). The third-order valence-corrected chi connectivity index (χ3v) is 2.34.